The SMILES string of the molecule is COC(CCC(C)C)c1ccc(F)cc1. The molecule has 0 aromatic heterocycles. The van der Waals surface area contributed by atoms with Crippen molar-refractivity contribution in [2.45, 2.75) is 32.8 Å². The molecule has 0 aliphatic carbocycles. The van der Waals surface area contributed by atoms with Crippen molar-refractivity contribution in [1.82, 2.24) is 0 Å². The van der Waals surface area contributed by atoms with E-state index in [2.05, 4.69) is 13.8 Å². The Kier molecular flexibility index (Phi) is 4.76. The third-order valence-corrected chi connectivity index (χ3v) is 2.53. The zero-order valence-electron chi connectivity index (χ0n) is 9.66. The van der Waals surface area contributed by atoms with Crippen LogP contribution in [0.4, 0.5) is 4.39 Å². The van der Waals surface area contributed by atoms with Gasteiger partial charge in [-0.3, -0.25) is 0 Å². The molecule has 1 rings (SSSR count). The van der Waals surface area contributed by atoms with E-state index in [1.807, 2.05) is 0 Å². The molecule has 1 nitrogen and oxygen atoms in total. The van der Waals surface area contributed by atoms with Crippen LogP contribution in [0.25, 0.3) is 0 Å². The summed E-state index contributed by atoms with van der Waals surface area (Å²) in [6.07, 6.45) is 2.20. The van der Waals surface area contributed by atoms with Crippen molar-refractivity contribution in [1.29, 1.82) is 0 Å². The Morgan fingerprint density at radius 1 is 1.13 bits per heavy atom. The van der Waals surface area contributed by atoms with E-state index in [-0.39, 0.29) is 11.9 Å². The first-order valence-corrected chi connectivity index (χ1v) is 5.41. The molecule has 1 unspecified atom stereocenters. The fraction of sp³-hybridized carbons (Fsp3) is 0.538. The van der Waals surface area contributed by atoms with Crippen LogP contribution >= 0.6 is 0 Å². The van der Waals surface area contributed by atoms with E-state index in [1.54, 1.807) is 19.2 Å². The Morgan fingerprint density at radius 2 is 1.73 bits per heavy atom. The average molecular weight is 210 g/mol. The summed E-state index contributed by atoms with van der Waals surface area (Å²) in [7, 11) is 1.70. The van der Waals surface area contributed by atoms with E-state index in [9.17, 15) is 4.39 Å². The van der Waals surface area contributed by atoms with Crippen LogP contribution in [-0.4, -0.2) is 7.11 Å². The molecule has 2 heteroatoms. The first kappa shape index (κ1) is 12.2. The van der Waals surface area contributed by atoms with Crippen molar-refractivity contribution in [3.8, 4) is 0 Å². The molecule has 0 heterocycles. The quantitative estimate of drug-likeness (QED) is 0.715. The Morgan fingerprint density at radius 3 is 2.20 bits per heavy atom. The van der Waals surface area contributed by atoms with Gasteiger partial charge in [-0.25, -0.2) is 4.39 Å². The normalized spacial score (nSPS) is 13.1. The molecule has 0 bridgehead atoms. The van der Waals surface area contributed by atoms with Crippen LogP contribution in [0.1, 0.15) is 38.4 Å². The topological polar surface area (TPSA) is 9.23 Å². The summed E-state index contributed by atoms with van der Waals surface area (Å²) >= 11 is 0. The molecule has 1 aromatic carbocycles. The van der Waals surface area contributed by atoms with E-state index in [0.717, 1.165) is 18.4 Å². The Labute approximate surface area is 91.3 Å². The van der Waals surface area contributed by atoms with Crippen molar-refractivity contribution in [3.63, 3.8) is 0 Å². The minimum atomic E-state index is -0.197. The molecule has 0 saturated heterocycles. The second kappa shape index (κ2) is 5.86. The summed E-state index contributed by atoms with van der Waals surface area (Å²) in [4.78, 5) is 0. The van der Waals surface area contributed by atoms with Gasteiger partial charge < -0.3 is 4.74 Å². The second-order valence-corrected chi connectivity index (χ2v) is 4.25. The number of halogens is 1. The summed E-state index contributed by atoms with van der Waals surface area (Å²) in [6, 6.07) is 6.56. The van der Waals surface area contributed by atoms with Crippen LogP contribution in [0.5, 0.6) is 0 Å². The van der Waals surface area contributed by atoms with Gasteiger partial charge in [0.2, 0.25) is 0 Å². The lowest BCUT2D eigenvalue weighted by Crippen LogP contribution is -2.03. The zero-order valence-corrected chi connectivity index (χ0v) is 9.66. The Bertz CT molecular complexity index is 279. The number of rotatable bonds is 5. The van der Waals surface area contributed by atoms with Gasteiger partial charge in [0.05, 0.1) is 6.10 Å². The van der Waals surface area contributed by atoms with Gasteiger partial charge in [0.25, 0.3) is 0 Å². The summed E-state index contributed by atoms with van der Waals surface area (Å²) in [6.45, 7) is 4.38. The summed E-state index contributed by atoms with van der Waals surface area (Å²) in [5.41, 5.74) is 1.06. The zero-order chi connectivity index (χ0) is 11.3. The van der Waals surface area contributed by atoms with Crippen molar-refractivity contribution < 1.29 is 9.13 Å². The Hall–Kier alpha value is -0.890. The van der Waals surface area contributed by atoms with Crippen molar-refractivity contribution >= 4 is 0 Å². The predicted molar refractivity (Wildman–Crippen MR) is 60.2 cm³/mol. The van der Waals surface area contributed by atoms with Crippen molar-refractivity contribution in [2.24, 2.45) is 5.92 Å². The average Bonchev–Trinajstić information content (AvgIpc) is 2.21. The van der Waals surface area contributed by atoms with Crippen molar-refractivity contribution in [3.05, 3.63) is 35.6 Å². The first-order chi connectivity index (χ1) is 7.13. The van der Waals surface area contributed by atoms with Crippen LogP contribution in [0, 0.1) is 11.7 Å². The number of hydrogen-bond acceptors (Lipinski definition) is 1. The van der Waals surface area contributed by atoms with Crippen LogP contribution in [0.2, 0.25) is 0 Å². The highest BCUT2D eigenvalue weighted by molar-refractivity contribution is 5.18. The van der Waals surface area contributed by atoms with E-state index in [4.69, 9.17) is 4.74 Å². The summed E-state index contributed by atoms with van der Waals surface area (Å²) in [5.74, 6) is 0.473. The van der Waals surface area contributed by atoms with Gasteiger partial charge >= 0.3 is 0 Å². The lowest BCUT2D eigenvalue weighted by Gasteiger charge is -2.16. The smallest absolute Gasteiger partial charge is 0.123 e. The highest BCUT2D eigenvalue weighted by Crippen LogP contribution is 2.24. The predicted octanol–water partition coefficient (Wildman–Crippen LogP) is 3.95. The van der Waals surface area contributed by atoms with Gasteiger partial charge in [-0.15, -0.1) is 0 Å². The standard InChI is InChI=1S/C13H19FO/c1-10(2)4-9-13(15-3)11-5-7-12(14)8-6-11/h5-8,10,13H,4,9H2,1-3H3. The molecular formula is C13H19FO. The number of methoxy groups -OCH3 is 1. The van der Waals surface area contributed by atoms with Crippen LogP contribution in [-0.2, 0) is 4.74 Å². The molecule has 0 aliphatic heterocycles. The fourth-order valence-electron chi connectivity index (χ4n) is 1.58. The molecule has 0 amide bonds. The third kappa shape index (κ3) is 4.00. The molecule has 0 radical (unpaired) electrons. The van der Waals surface area contributed by atoms with Crippen LogP contribution < -0.4 is 0 Å². The van der Waals surface area contributed by atoms with E-state index >= 15 is 0 Å². The molecule has 1 atom stereocenters. The van der Waals surface area contributed by atoms with Gasteiger partial charge in [-0.2, -0.15) is 0 Å². The molecule has 0 saturated carbocycles. The molecule has 15 heavy (non-hydrogen) atoms. The molecule has 0 N–H and O–H groups in total. The molecule has 0 fully saturated rings. The molecule has 84 valence electrons. The van der Waals surface area contributed by atoms with Gasteiger partial charge in [-0.05, 0) is 36.5 Å². The lowest BCUT2D eigenvalue weighted by atomic mass is 10.00. The summed E-state index contributed by atoms with van der Waals surface area (Å²) in [5, 5.41) is 0. The van der Waals surface area contributed by atoms with E-state index in [1.165, 1.54) is 12.1 Å². The van der Waals surface area contributed by atoms with Crippen molar-refractivity contribution in [2.75, 3.05) is 7.11 Å². The lowest BCUT2D eigenvalue weighted by molar-refractivity contribution is 0.0905. The van der Waals surface area contributed by atoms with Gasteiger partial charge in [0.15, 0.2) is 0 Å². The molecule has 0 spiro atoms. The minimum absolute atomic E-state index is 0.0907. The fourth-order valence-corrected chi connectivity index (χ4v) is 1.58. The summed E-state index contributed by atoms with van der Waals surface area (Å²) < 4.78 is 18.1. The molecule has 1 aromatic rings. The van der Waals surface area contributed by atoms with E-state index < -0.39 is 0 Å². The first-order valence-electron chi connectivity index (χ1n) is 5.41. The highest BCUT2D eigenvalue weighted by atomic mass is 19.1. The number of benzene rings is 1. The maximum atomic E-state index is 12.7. The number of hydrogen-bond donors (Lipinski definition) is 0. The maximum absolute atomic E-state index is 12.7. The minimum Gasteiger partial charge on any atom is -0.377 e. The number of ether oxygens (including phenoxy) is 1. The van der Waals surface area contributed by atoms with Gasteiger partial charge in [0, 0.05) is 7.11 Å². The van der Waals surface area contributed by atoms with E-state index in [0.29, 0.717) is 5.92 Å². The molecule has 0 aliphatic rings. The Balaban J connectivity index is 2.61. The molecular weight excluding hydrogens is 191 g/mol. The van der Waals surface area contributed by atoms with Crippen LogP contribution in [0.3, 0.4) is 0 Å². The second-order valence-electron chi connectivity index (χ2n) is 4.25. The third-order valence-electron chi connectivity index (χ3n) is 2.53. The van der Waals surface area contributed by atoms with Crippen LogP contribution in [0.15, 0.2) is 24.3 Å². The van der Waals surface area contributed by atoms with Gasteiger partial charge in [0.1, 0.15) is 5.82 Å². The van der Waals surface area contributed by atoms with Gasteiger partial charge in [-0.1, -0.05) is 26.0 Å². The monoisotopic (exact) mass is 210 g/mol. The largest absolute Gasteiger partial charge is 0.377 e. The maximum Gasteiger partial charge on any atom is 0.123 e. The highest BCUT2D eigenvalue weighted by Gasteiger charge is 2.10.